The lowest BCUT2D eigenvalue weighted by atomic mass is 10.1. The molecule has 1 heterocycles. The van der Waals surface area contributed by atoms with Crippen molar-refractivity contribution in [1.29, 1.82) is 0 Å². The van der Waals surface area contributed by atoms with E-state index in [0.717, 1.165) is 25.9 Å². The number of nitrogens with zero attached hydrogens (tertiary/aromatic N) is 1. The third-order valence-corrected chi connectivity index (χ3v) is 4.71. The Hall–Kier alpha value is -1.10. The fourth-order valence-electron chi connectivity index (χ4n) is 2.95. The minimum atomic E-state index is -0.667. The minimum absolute atomic E-state index is 0.0305. The number of likely N-dealkylation sites (tertiary alicyclic amines) is 1. The lowest BCUT2D eigenvalue weighted by Crippen LogP contribution is -2.38. The number of hydrogen-bond acceptors (Lipinski definition) is 3. The molecule has 0 aromatic heterocycles. The van der Waals surface area contributed by atoms with Crippen LogP contribution in [0.5, 0.6) is 0 Å². The fraction of sp³-hybridized carbons (Fsp3) is 0.611. The van der Waals surface area contributed by atoms with Crippen molar-refractivity contribution < 1.29 is 9.90 Å². The average molecular weight is 339 g/mol. The van der Waals surface area contributed by atoms with Gasteiger partial charge in [-0.25, -0.2) is 0 Å². The summed E-state index contributed by atoms with van der Waals surface area (Å²) < 4.78 is 0. The molecule has 0 saturated carbocycles. The van der Waals surface area contributed by atoms with E-state index >= 15 is 0 Å². The number of carbonyl (C=O) groups is 1. The highest BCUT2D eigenvalue weighted by molar-refractivity contribution is 6.31. The van der Waals surface area contributed by atoms with Gasteiger partial charge in [-0.15, -0.1) is 0 Å². The van der Waals surface area contributed by atoms with Crippen LogP contribution in [0.1, 0.15) is 50.7 Å². The number of hydrogen-bond donors (Lipinski definition) is 2. The molecule has 0 aliphatic carbocycles. The van der Waals surface area contributed by atoms with Gasteiger partial charge in [0, 0.05) is 42.7 Å². The molecule has 1 aromatic rings. The fourth-order valence-corrected chi connectivity index (χ4v) is 3.21. The predicted molar refractivity (Wildman–Crippen MR) is 93.5 cm³/mol. The summed E-state index contributed by atoms with van der Waals surface area (Å²) in [4.78, 5) is 14.3. The largest absolute Gasteiger partial charge is 0.387 e. The molecule has 1 fully saturated rings. The maximum absolute atomic E-state index is 12.3. The smallest absolute Gasteiger partial charge is 0.224 e. The first-order chi connectivity index (χ1) is 11.1. The van der Waals surface area contributed by atoms with Gasteiger partial charge in [0.15, 0.2) is 0 Å². The first-order valence-corrected chi connectivity index (χ1v) is 8.89. The number of aliphatic hydroxyl groups excluding tert-OH is 1. The van der Waals surface area contributed by atoms with Gasteiger partial charge in [0.05, 0.1) is 6.10 Å². The van der Waals surface area contributed by atoms with Crippen molar-refractivity contribution in [3.63, 3.8) is 0 Å². The van der Waals surface area contributed by atoms with Gasteiger partial charge in [-0.3, -0.25) is 4.79 Å². The summed E-state index contributed by atoms with van der Waals surface area (Å²) in [5.74, 6) is 0.208. The highest BCUT2D eigenvalue weighted by Gasteiger charge is 2.19. The van der Waals surface area contributed by atoms with Crippen LogP contribution < -0.4 is 5.32 Å². The SMILES string of the molecule is CC(CC(=O)N1CCCCCC1)NCC(O)c1ccccc1Cl. The molecule has 0 bridgehead atoms. The monoisotopic (exact) mass is 338 g/mol. The van der Waals surface area contributed by atoms with E-state index in [2.05, 4.69) is 5.32 Å². The first kappa shape index (κ1) is 18.2. The average Bonchev–Trinajstić information content (AvgIpc) is 2.82. The molecule has 2 atom stereocenters. The topological polar surface area (TPSA) is 52.6 Å². The third kappa shape index (κ3) is 5.79. The van der Waals surface area contributed by atoms with Crippen molar-refractivity contribution in [2.24, 2.45) is 0 Å². The van der Waals surface area contributed by atoms with E-state index in [9.17, 15) is 9.90 Å². The summed E-state index contributed by atoms with van der Waals surface area (Å²) in [5, 5.41) is 14.0. The second-order valence-corrected chi connectivity index (χ2v) is 6.75. The Morgan fingerprint density at radius 3 is 2.57 bits per heavy atom. The second kappa shape index (κ2) is 9.26. The van der Waals surface area contributed by atoms with Crippen LogP contribution in [0.2, 0.25) is 5.02 Å². The molecule has 128 valence electrons. The molecule has 1 amide bonds. The normalized spacial score (nSPS) is 18.3. The molecular formula is C18H27ClN2O2. The summed E-state index contributed by atoms with van der Waals surface area (Å²) in [6.45, 7) is 4.13. The zero-order valence-corrected chi connectivity index (χ0v) is 14.6. The van der Waals surface area contributed by atoms with Gasteiger partial charge in [0.1, 0.15) is 0 Å². The van der Waals surface area contributed by atoms with Gasteiger partial charge in [-0.05, 0) is 25.8 Å². The van der Waals surface area contributed by atoms with Crippen LogP contribution in [0, 0.1) is 0 Å². The number of benzene rings is 1. The summed E-state index contributed by atoms with van der Waals surface area (Å²) in [6.07, 6.45) is 4.47. The van der Waals surface area contributed by atoms with Crippen LogP contribution in [-0.4, -0.2) is 41.6 Å². The standard InChI is InChI=1S/C18H27ClN2O2/c1-14(12-18(23)21-10-6-2-3-7-11-21)20-13-17(22)15-8-4-5-9-16(15)19/h4-5,8-9,14,17,20,22H,2-3,6-7,10-13H2,1H3. The molecule has 4 nitrogen and oxygen atoms in total. The highest BCUT2D eigenvalue weighted by atomic mass is 35.5. The summed E-state index contributed by atoms with van der Waals surface area (Å²) in [7, 11) is 0. The third-order valence-electron chi connectivity index (χ3n) is 4.36. The molecule has 2 N–H and O–H groups in total. The molecule has 1 aliphatic heterocycles. The number of nitrogens with one attached hydrogen (secondary N) is 1. The van der Waals surface area contributed by atoms with Gasteiger partial charge in [0.25, 0.3) is 0 Å². The summed E-state index contributed by atoms with van der Waals surface area (Å²) in [6, 6.07) is 7.32. The van der Waals surface area contributed by atoms with E-state index in [4.69, 9.17) is 11.6 Å². The van der Waals surface area contributed by atoms with Crippen molar-refractivity contribution in [2.45, 2.75) is 51.2 Å². The van der Waals surface area contributed by atoms with Crippen LogP contribution in [-0.2, 0) is 4.79 Å². The number of rotatable bonds is 6. The van der Waals surface area contributed by atoms with E-state index in [-0.39, 0.29) is 11.9 Å². The van der Waals surface area contributed by atoms with Crippen LogP contribution in [0.25, 0.3) is 0 Å². The zero-order chi connectivity index (χ0) is 16.7. The second-order valence-electron chi connectivity index (χ2n) is 6.35. The van der Waals surface area contributed by atoms with E-state index in [1.54, 1.807) is 6.07 Å². The molecule has 1 aromatic carbocycles. The predicted octanol–water partition coefficient (Wildman–Crippen LogP) is 3.14. The van der Waals surface area contributed by atoms with Gasteiger partial charge < -0.3 is 15.3 Å². The maximum Gasteiger partial charge on any atom is 0.224 e. The Bertz CT molecular complexity index is 502. The Kier molecular flexibility index (Phi) is 7.34. The number of halogens is 1. The molecule has 2 rings (SSSR count). The van der Waals surface area contributed by atoms with Gasteiger partial charge in [0.2, 0.25) is 5.91 Å². The lowest BCUT2D eigenvalue weighted by molar-refractivity contribution is -0.131. The first-order valence-electron chi connectivity index (χ1n) is 8.51. The van der Waals surface area contributed by atoms with E-state index in [1.807, 2.05) is 30.0 Å². The number of aliphatic hydroxyl groups is 1. The Morgan fingerprint density at radius 1 is 1.26 bits per heavy atom. The molecule has 23 heavy (non-hydrogen) atoms. The molecule has 0 radical (unpaired) electrons. The van der Waals surface area contributed by atoms with Gasteiger partial charge in [-0.1, -0.05) is 42.6 Å². The number of carbonyl (C=O) groups excluding carboxylic acids is 1. The van der Waals surface area contributed by atoms with Crippen LogP contribution >= 0.6 is 11.6 Å². The van der Waals surface area contributed by atoms with Crippen molar-refractivity contribution in [3.8, 4) is 0 Å². The van der Waals surface area contributed by atoms with E-state index in [1.165, 1.54) is 12.8 Å². The molecular weight excluding hydrogens is 312 g/mol. The van der Waals surface area contributed by atoms with Gasteiger partial charge in [-0.2, -0.15) is 0 Å². The van der Waals surface area contributed by atoms with Crippen LogP contribution in [0.3, 0.4) is 0 Å². The Balaban J connectivity index is 1.77. The Labute approximate surface area is 143 Å². The van der Waals surface area contributed by atoms with Gasteiger partial charge >= 0.3 is 0 Å². The molecule has 0 spiro atoms. The van der Waals surface area contributed by atoms with E-state index in [0.29, 0.717) is 23.6 Å². The lowest BCUT2D eigenvalue weighted by Gasteiger charge is -2.23. The molecule has 1 saturated heterocycles. The van der Waals surface area contributed by atoms with Crippen molar-refractivity contribution in [2.75, 3.05) is 19.6 Å². The summed E-state index contributed by atoms with van der Waals surface area (Å²) in [5.41, 5.74) is 0.715. The van der Waals surface area contributed by atoms with Crippen molar-refractivity contribution in [1.82, 2.24) is 10.2 Å². The van der Waals surface area contributed by atoms with Crippen molar-refractivity contribution >= 4 is 17.5 Å². The minimum Gasteiger partial charge on any atom is -0.387 e. The zero-order valence-electron chi connectivity index (χ0n) is 13.8. The highest BCUT2D eigenvalue weighted by Crippen LogP contribution is 2.22. The number of amides is 1. The molecule has 5 heteroatoms. The Morgan fingerprint density at radius 2 is 1.91 bits per heavy atom. The molecule has 1 aliphatic rings. The quantitative estimate of drug-likeness (QED) is 0.837. The molecule has 2 unspecified atom stereocenters. The van der Waals surface area contributed by atoms with Crippen molar-refractivity contribution in [3.05, 3.63) is 34.9 Å². The van der Waals surface area contributed by atoms with E-state index < -0.39 is 6.10 Å². The van der Waals surface area contributed by atoms with Crippen LogP contribution in [0.4, 0.5) is 0 Å². The maximum atomic E-state index is 12.3. The van der Waals surface area contributed by atoms with Crippen LogP contribution in [0.15, 0.2) is 24.3 Å². The summed E-state index contributed by atoms with van der Waals surface area (Å²) >= 11 is 6.09.